The molecule has 27 atom stereocenters. The molecule has 9 fully saturated rings. The van der Waals surface area contributed by atoms with Crippen molar-refractivity contribution in [2.24, 2.45) is 44.3 Å². The third-order valence-electron chi connectivity index (χ3n) is 22.1. The summed E-state index contributed by atoms with van der Waals surface area (Å²) in [5.74, 6) is -0.647. The van der Waals surface area contributed by atoms with Gasteiger partial charge in [-0.1, -0.05) is 34.6 Å². The predicted octanol–water partition coefficient (Wildman–Crippen LogP) is -0.365. The van der Waals surface area contributed by atoms with Gasteiger partial charge < -0.3 is 104 Å². The molecule has 1 aromatic rings. The van der Waals surface area contributed by atoms with E-state index in [4.69, 9.17) is 37.9 Å². The maximum Gasteiger partial charge on any atom is 0.338 e. The molecule has 0 amide bonds. The van der Waals surface area contributed by atoms with Gasteiger partial charge in [0.1, 0.15) is 90.7 Å². The van der Waals surface area contributed by atoms with Crippen molar-refractivity contribution in [2.75, 3.05) is 38.8 Å². The van der Waals surface area contributed by atoms with E-state index in [1.807, 2.05) is 6.92 Å². The second-order valence-corrected chi connectivity index (χ2v) is 25.8. The lowest BCUT2D eigenvalue weighted by Crippen LogP contribution is -2.78. The standard InChI is InChI=1S/C55H83NO21/c1-48(24-59)23-54(69)49(2,19-35(48)74-44(68)26-8-10-27(56-7)11-9-26)16-17-53(6)52(5)15-12-31-50(3,32(52)18-34-55(53,54)77-34)14-13-33(51(31,4)25-60)75-47-43(76-46-42(67)40(65)37(62)29(21-58)72-46)38(63)30(22-70-47)73-45-41(66)39(64)36(61)28(20-57)71-45/h8-11,24,28-43,45-47,56-58,60-67,69H,12-23,25H2,1-7H3. The van der Waals surface area contributed by atoms with E-state index in [0.717, 1.165) is 12.0 Å². The molecule has 434 valence electrons. The van der Waals surface area contributed by atoms with Crippen LogP contribution in [0.25, 0.3) is 0 Å². The Morgan fingerprint density at radius 3 is 1.94 bits per heavy atom. The quantitative estimate of drug-likeness (QED) is 0.0519. The number of esters is 1. The number of nitrogens with one attached hydrogen (secondary N) is 1. The molecule has 77 heavy (non-hydrogen) atoms. The third kappa shape index (κ3) is 8.38. The van der Waals surface area contributed by atoms with Crippen LogP contribution >= 0.6 is 0 Å². The van der Waals surface area contributed by atoms with Crippen molar-refractivity contribution in [1.29, 1.82) is 0 Å². The summed E-state index contributed by atoms with van der Waals surface area (Å²) in [5, 5.41) is 124. The van der Waals surface area contributed by atoms with Crippen LogP contribution in [0.2, 0.25) is 0 Å². The molecule has 9 aliphatic rings. The molecule has 0 radical (unpaired) electrons. The molecule has 0 bridgehead atoms. The van der Waals surface area contributed by atoms with Gasteiger partial charge in [-0.05, 0) is 112 Å². The highest BCUT2D eigenvalue weighted by Gasteiger charge is 2.89. The first-order chi connectivity index (χ1) is 36.2. The minimum Gasteiger partial charge on any atom is -0.458 e. The lowest BCUT2D eigenvalue weighted by Gasteiger charge is -2.74. The number of anilines is 1. The summed E-state index contributed by atoms with van der Waals surface area (Å²) in [4.78, 5) is 27.0. The number of hydrogen-bond donors (Lipinski definition) is 12. The lowest BCUT2D eigenvalue weighted by atomic mass is 9.30. The monoisotopic (exact) mass is 1090 g/mol. The molecule has 1 aromatic carbocycles. The first-order valence-electron chi connectivity index (χ1n) is 27.6. The third-order valence-corrected chi connectivity index (χ3v) is 22.1. The van der Waals surface area contributed by atoms with Gasteiger partial charge in [0.25, 0.3) is 0 Å². The van der Waals surface area contributed by atoms with E-state index in [1.165, 1.54) is 0 Å². The zero-order valence-electron chi connectivity index (χ0n) is 45.1. The minimum absolute atomic E-state index is 0.0403. The molecular weight excluding hydrogens is 1010 g/mol. The fraction of sp³-hybridized carbons (Fsp3) is 0.855. The maximum atomic E-state index is 13.6. The maximum absolute atomic E-state index is 13.6. The van der Waals surface area contributed by atoms with Crippen LogP contribution in [0.1, 0.15) is 110 Å². The number of ether oxygens (including phenoxy) is 8. The summed E-state index contributed by atoms with van der Waals surface area (Å²) in [6.45, 7) is 10.4. The average molecular weight is 1090 g/mol. The van der Waals surface area contributed by atoms with Gasteiger partial charge in [-0.3, -0.25) is 0 Å². The fourth-order valence-electron chi connectivity index (χ4n) is 17.1. The summed E-state index contributed by atoms with van der Waals surface area (Å²) in [5.41, 5.74) is -5.59. The van der Waals surface area contributed by atoms with Gasteiger partial charge in [-0.2, -0.15) is 0 Å². The van der Waals surface area contributed by atoms with Crippen LogP contribution < -0.4 is 5.32 Å². The van der Waals surface area contributed by atoms with Crippen LogP contribution in [0.15, 0.2) is 24.3 Å². The van der Waals surface area contributed by atoms with Gasteiger partial charge in [-0.15, -0.1) is 0 Å². The Labute approximate surface area is 448 Å². The second-order valence-electron chi connectivity index (χ2n) is 25.8. The number of rotatable bonds is 13. The summed E-state index contributed by atoms with van der Waals surface area (Å²) in [6, 6.07) is 6.93. The minimum atomic E-state index is -1.89. The van der Waals surface area contributed by atoms with Crippen LogP contribution in [-0.2, 0) is 42.7 Å². The van der Waals surface area contributed by atoms with E-state index in [9.17, 15) is 65.8 Å². The highest BCUT2D eigenvalue weighted by molar-refractivity contribution is 5.90. The van der Waals surface area contributed by atoms with E-state index < -0.39 is 168 Å². The predicted molar refractivity (Wildman–Crippen MR) is 266 cm³/mol. The summed E-state index contributed by atoms with van der Waals surface area (Å²) >= 11 is 0. The Hall–Kier alpha value is -2.56. The molecule has 12 N–H and O–H groups in total. The SMILES string of the molecule is CNc1ccc(C(=O)OC2CC3(C)CCC4(C)C5(C)CCC6C(C)(CO)C(OC7OCC(OC8OC(CO)C(O)C(O)C8O)C(O)C7OC7OC(CO)C(O)C(O)C7O)CCC6(C)C5CC5OC54C3(O)CC2(C)C=O)cc1. The molecule has 10 rings (SSSR count). The van der Waals surface area contributed by atoms with Crippen molar-refractivity contribution >= 4 is 17.9 Å². The van der Waals surface area contributed by atoms with Crippen molar-refractivity contribution in [2.45, 2.75) is 215 Å². The van der Waals surface area contributed by atoms with Gasteiger partial charge in [0, 0.05) is 29.0 Å². The van der Waals surface area contributed by atoms with E-state index in [2.05, 4.69) is 33.0 Å². The van der Waals surface area contributed by atoms with Gasteiger partial charge >= 0.3 is 5.97 Å². The number of hydrogen-bond acceptors (Lipinski definition) is 22. The molecule has 1 spiro atoms. The smallest absolute Gasteiger partial charge is 0.338 e. The average Bonchev–Trinajstić information content (AvgIpc) is 4.38. The first kappa shape index (κ1) is 57.7. The van der Waals surface area contributed by atoms with Gasteiger partial charge in [0.2, 0.25) is 0 Å². The van der Waals surface area contributed by atoms with Gasteiger partial charge in [0.05, 0.1) is 49.6 Å². The zero-order chi connectivity index (χ0) is 55.8. The summed E-state index contributed by atoms with van der Waals surface area (Å²) in [6.07, 6.45) is -19.6. The van der Waals surface area contributed by atoms with Crippen molar-refractivity contribution in [3.05, 3.63) is 29.8 Å². The zero-order valence-corrected chi connectivity index (χ0v) is 45.1. The van der Waals surface area contributed by atoms with Gasteiger partial charge in [0.15, 0.2) is 18.9 Å². The number of benzene rings is 1. The Balaban J connectivity index is 0.895. The highest BCUT2D eigenvalue weighted by Crippen LogP contribution is 2.84. The normalized spacial score (nSPS) is 54.1. The van der Waals surface area contributed by atoms with Crippen LogP contribution in [0, 0.1) is 44.3 Å². The van der Waals surface area contributed by atoms with Crippen LogP contribution in [-0.4, -0.2) is 217 Å². The van der Waals surface area contributed by atoms with E-state index in [-0.39, 0.29) is 37.4 Å². The highest BCUT2D eigenvalue weighted by atomic mass is 16.8. The molecule has 27 unspecified atom stereocenters. The van der Waals surface area contributed by atoms with E-state index >= 15 is 0 Å². The fourth-order valence-corrected chi connectivity index (χ4v) is 17.1. The Kier molecular flexibility index (Phi) is 15.1. The molecule has 5 aliphatic carbocycles. The molecule has 5 saturated carbocycles. The van der Waals surface area contributed by atoms with E-state index in [1.54, 1.807) is 38.2 Å². The van der Waals surface area contributed by atoms with Crippen LogP contribution in [0.5, 0.6) is 0 Å². The Bertz CT molecular complexity index is 2330. The number of aliphatic hydroxyl groups is 11. The molecule has 4 saturated heterocycles. The Morgan fingerprint density at radius 2 is 1.35 bits per heavy atom. The number of carbonyl (C=O) groups excluding carboxylic acids is 2. The first-order valence-corrected chi connectivity index (χ1v) is 27.6. The second kappa shape index (κ2) is 20.1. The number of carbonyl (C=O) groups is 2. The molecule has 22 nitrogen and oxygen atoms in total. The molecular formula is C55H83NO21. The molecule has 4 heterocycles. The van der Waals surface area contributed by atoms with Crippen molar-refractivity contribution < 1.29 is 104 Å². The topological polar surface area (TPSA) is 346 Å². The number of aldehydes is 1. The van der Waals surface area contributed by atoms with E-state index in [0.29, 0.717) is 50.5 Å². The lowest BCUT2D eigenvalue weighted by molar-refractivity contribution is -0.383. The van der Waals surface area contributed by atoms with Crippen LogP contribution in [0.3, 0.4) is 0 Å². The van der Waals surface area contributed by atoms with Crippen molar-refractivity contribution in [1.82, 2.24) is 0 Å². The molecule has 22 heteroatoms. The molecule has 4 aliphatic heterocycles. The van der Waals surface area contributed by atoms with Gasteiger partial charge in [-0.25, -0.2) is 4.79 Å². The Morgan fingerprint density at radius 1 is 0.727 bits per heavy atom. The van der Waals surface area contributed by atoms with Crippen LogP contribution in [0.4, 0.5) is 5.69 Å². The number of fused-ring (bicyclic) bond motifs is 5. The largest absolute Gasteiger partial charge is 0.458 e. The number of aliphatic hydroxyl groups excluding tert-OH is 10. The van der Waals surface area contributed by atoms with Crippen molar-refractivity contribution in [3.63, 3.8) is 0 Å². The summed E-state index contributed by atoms with van der Waals surface area (Å²) < 4.78 is 49.8. The van der Waals surface area contributed by atoms with Crippen molar-refractivity contribution in [3.8, 4) is 0 Å². The summed E-state index contributed by atoms with van der Waals surface area (Å²) in [7, 11) is 1.79. The number of epoxide rings is 1. The molecule has 0 aromatic heterocycles.